The number of ether oxygens (including phenoxy) is 1. The van der Waals surface area contributed by atoms with Gasteiger partial charge in [-0.3, -0.25) is 4.79 Å². The predicted molar refractivity (Wildman–Crippen MR) is 126 cm³/mol. The van der Waals surface area contributed by atoms with Crippen LogP contribution in [0.2, 0.25) is 0 Å². The largest absolute Gasteiger partial charge is 0.493 e. The van der Waals surface area contributed by atoms with E-state index >= 15 is 0 Å². The summed E-state index contributed by atoms with van der Waals surface area (Å²) in [6.07, 6.45) is 3.39. The number of amides is 1. The third-order valence-corrected chi connectivity index (χ3v) is 6.22. The number of hydrogen-bond donors (Lipinski definition) is 1. The van der Waals surface area contributed by atoms with Gasteiger partial charge in [-0.1, -0.05) is 42.1 Å². The molecule has 5 rings (SSSR count). The summed E-state index contributed by atoms with van der Waals surface area (Å²) in [7, 11) is 1.60. The lowest BCUT2D eigenvalue weighted by atomic mass is 10.1. The van der Waals surface area contributed by atoms with Gasteiger partial charge < -0.3 is 18.9 Å². The number of carbonyl (C=O) groups is 1. The summed E-state index contributed by atoms with van der Waals surface area (Å²) in [6, 6.07) is 16.6. The van der Waals surface area contributed by atoms with Gasteiger partial charge in [-0.05, 0) is 31.2 Å². The number of thioether (sulfide) groups is 1. The third kappa shape index (κ3) is 4.17. The first kappa shape index (κ1) is 21.1. The van der Waals surface area contributed by atoms with Crippen molar-refractivity contribution in [3.63, 3.8) is 0 Å². The summed E-state index contributed by atoms with van der Waals surface area (Å²) in [4.78, 5) is 21.8. The van der Waals surface area contributed by atoms with Gasteiger partial charge in [0.15, 0.2) is 22.2 Å². The molecule has 1 atom stereocenters. The quantitative estimate of drug-likeness (QED) is 0.244. The molecule has 3 heterocycles. The first-order chi connectivity index (χ1) is 16.1. The number of para-hydroxylation sites is 2. The smallest absolute Gasteiger partial charge is 0.287 e. The highest BCUT2D eigenvalue weighted by molar-refractivity contribution is 7.98. The second kappa shape index (κ2) is 8.99. The van der Waals surface area contributed by atoms with E-state index in [4.69, 9.17) is 13.6 Å². The average Bonchev–Trinajstić information content (AvgIpc) is 3.45. The summed E-state index contributed by atoms with van der Waals surface area (Å²) in [5.74, 6) is 1.75. The molecule has 0 aliphatic carbocycles. The van der Waals surface area contributed by atoms with Crippen molar-refractivity contribution >= 4 is 39.6 Å². The van der Waals surface area contributed by atoms with Gasteiger partial charge in [0.2, 0.25) is 0 Å². The maximum atomic E-state index is 13.3. The van der Waals surface area contributed by atoms with E-state index < -0.39 is 0 Å². The number of aromatic nitrogens is 2. The molecule has 1 unspecified atom stereocenters. The molecule has 0 radical (unpaired) electrons. The number of benzene rings is 2. The monoisotopic (exact) mass is 459 g/mol. The van der Waals surface area contributed by atoms with Crippen molar-refractivity contribution in [2.24, 2.45) is 0 Å². The van der Waals surface area contributed by atoms with Gasteiger partial charge in [-0.15, -0.1) is 0 Å². The van der Waals surface area contributed by atoms with Crippen molar-refractivity contribution < 1.29 is 18.4 Å². The zero-order valence-corrected chi connectivity index (χ0v) is 18.9. The van der Waals surface area contributed by atoms with E-state index in [1.165, 1.54) is 11.8 Å². The highest BCUT2D eigenvalue weighted by Crippen LogP contribution is 2.33. The van der Waals surface area contributed by atoms with Crippen molar-refractivity contribution in [2.75, 3.05) is 7.11 Å². The molecule has 7 nitrogen and oxygen atoms in total. The lowest BCUT2D eigenvalue weighted by Crippen LogP contribution is -2.26. The molecule has 3 aromatic heterocycles. The number of carbonyl (C=O) groups excluding carboxylic acids is 1. The molecule has 8 heteroatoms. The van der Waals surface area contributed by atoms with Crippen LogP contribution >= 0.6 is 11.8 Å². The van der Waals surface area contributed by atoms with Crippen LogP contribution in [0.5, 0.6) is 5.75 Å². The van der Waals surface area contributed by atoms with Crippen molar-refractivity contribution in [2.45, 2.75) is 23.9 Å². The Morgan fingerprint density at radius 1 is 1.09 bits per heavy atom. The summed E-state index contributed by atoms with van der Waals surface area (Å²) in [6.45, 7) is 1.87. The molecule has 2 aromatic carbocycles. The van der Waals surface area contributed by atoms with Gasteiger partial charge >= 0.3 is 0 Å². The second-order valence-corrected chi connectivity index (χ2v) is 8.39. The van der Waals surface area contributed by atoms with Crippen molar-refractivity contribution in [3.05, 3.63) is 84.1 Å². The minimum atomic E-state index is -0.374. The van der Waals surface area contributed by atoms with E-state index in [-0.39, 0.29) is 17.7 Å². The second-order valence-electron chi connectivity index (χ2n) is 7.45. The Morgan fingerprint density at radius 3 is 2.73 bits per heavy atom. The van der Waals surface area contributed by atoms with Crippen LogP contribution in [0.25, 0.3) is 21.9 Å². The Hall–Kier alpha value is -3.78. The Bertz CT molecular complexity index is 1430. The van der Waals surface area contributed by atoms with Crippen LogP contribution in [0.15, 0.2) is 81.0 Å². The lowest BCUT2D eigenvalue weighted by molar-refractivity contribution is 0.0909. The molecule has 0 aliphatic rings. The molecule has 166 valence electrons. The van der Waals surface area contributed by atoms with Crippen LogP contribution in [-0.2, 0) is 5.75 Å². The van der Waals surface area contributed by atoms with Crippen LogP contribution in [0.4, 0.5) is 0 Å². The molecular formula is C25H21N3O4S. The lowest BCUT2D eigenvalue weighted by Gasteiger charge is -2.11. The third-order valence-electron chi connectivity index (χ3n) is 5.31. The van der Waals surface area contributed by atoms with Crippen LogP contribution < -0.4 is 10.1 Å². The summed E-state index contributed by atoms with van der Waals surface area (Å²) < 4.78 is 17.3. The first-order valence-corrected chi connectivity index (χ1v) is 11.4. The highest BCUT2D eigenvalue weighted by Gasteiger charge is 2.24. The summed E-state index contributed by atoms with van der Waals surface area (Å²) >= 11 is 1.45. The predicted octanol–water partition coefficient (Wildman–Crippen LogP) is 5.76. The van der Waals surface area contributed by atoms with E-state index in [1.54, 1.807) is 25.6 Å². The molecule has 1 N–H and O–H groups in total. The summed E-state index contributed by atoms with van der Waals surface area (Å²) in [5.41, 5.74) is 2.12. The van der Waals surface area contributed by atoms with Crippen molar-refractivity contribution in [3.8, 4) is 5.75 Å². The number of methoxy groups -OCH3 is 1. The van der Waals surface area contributed by atoms with Crippen LogP contribution in [-0.4, -0.2) is 23.0 Å². The van der Waals surface area contributed by atoms with E-state index in [0.717, 1.165) is 16.3 Å². The number of fused-ring (bicyclic) bond motifs is 2. The minimum absolute atomic E-state index is 0.278. The van der Waals surface area contributed by atoms with E-state index in [9.17, 15) is 4.79 Å². The highest BCUT2D eigenvalue weighted by atomic mass is 32.2. The fraction of sp³-hybridized carbons (Fsp3) is 0.160. The van der Waals surface area contributed by atoms with Crippen LogP contribution in [0, 0.1) is 0 Å². The van der Waals surface area contributed by atoms with E-state index in [0.29, 0.717) is 33.6 Å². The van der Waals surface area contributed by atoms with Gasteiger partial charge in [0.25, 0.3) is 5.91 Å². The van der Waals surface area contributed by atoms with Crippen LogP contribution in [0.3, 0.4) is 0 Å². The number of nitrogens with zero attached hydrogens (tertiary/aromatic N) is 2. The van der Waals surface area contributed by atoms with Gasteiger partial charge in [-0.25, -0.2) is 9.97 Å². The Morgan fingerprint density at radius 2 is 1.91 bits per heavy atom. The molecule has 0 saturated carbocycles. The van der Waals surface area contributed by atoms with Crippen LogP contribution in [0.1, 0.15) is 34.8 Å². The average molecular weight is 460 g/mol. The number of nitrogens with one attached hydrogen (secondary N) is 1. The van der Waals surface area contributed by atoms with Gasteiger partial charge in [0, 0.05) is 34.5 Å². The summed E-state index contributed by atoms with van der Waals surface area (Å²) in [5, 5.41) is 5.45. The van der Waals surface area contributed by atoms with Gasteiger partial charge in [-0.2, -0.15) is 0 Å². The molecule has 0 saturated heterocycles. The molecule has 0 bridgehead atoms. The SMILES string of the molecule is COc1cccc2cc(C(C)NC(=O)c3oc4ccccc4c3CSc3ncccn3)oc12. The minimum Gasteiger partial charge on any atom is -0.493 e. The number of hydrogen-bond acceptors (Lipinski definition) is 7. The Balaban J connectivity index is 1.42. The fourth-order valence-electron chi connectivity index (χ4n) is 3.69. The maximum Gasteiger partial charge on any atom is 0.287 e. The van der Waals surface area contributed by atoms with Gasteiger partial charge in [0.1, 0.15) is 11.3 Å². The Labute approximate surface area is 194 Å². The van der Waals surface area contributed by atoms with E-state index in [1.807, 2.05) is 55.5 Å². The van der Waals surface area contributed by atoms with Gasteiger partial charge in [0.05, 0.1) is 13.2 Å². The first-order valence-electron chi connectivity index (χ1n) is 10.4. The van der Waals surface area contributed by atoms with Crippen molar-refractivity contribution in [1.29, 1.82) is 0 Å². The molecule has 5 aromatic rings. The molecule has 33 heavy (non-hydrogen) atoms. The fourth-order valence-corrected chi connectivity index (χ4v) is 4.52. The zero-order valence-electron chi connectivity index (χ0n) is 18.1. The number of rotatable bonds is 7. The molecule has 1 amide bonds. The normalized spacial score (nSPS) is 12.2. The number of furan rings is 2. The maximum absolute atomic E-state index is 13.3. The topological polar surface area (TPSA) is 90.4 Å². The van der Waals surface area contributed by atoms with E-state index in [2.05, 4.69) is 15.3 Å². The molecule has 0 aliphatic heterocycles. The Kier molecular flexibility index (Phi) is 5.75. The molecule has 0 fully saturated rings. The van der Waals surface area contributed by atoms with Crippen molar-refractivity contribution in [1.82, 2.24) is 15.3 Å². The molecular weight excluding hydrogens is 438 g/mol. The standard InChI is InChI=1S/C25H21N3O4S/c1-15(21-13-16-7-5-10-20(30-2)22(16)32-21)28-24(29)23-18(14-33-25-26-11-6-12-27-25)17-8-3-4-9-19(17)31-23/h3-13,15H,14H2,1-2H3,(H,28,29). The zero-order chi connectivity index (χ0) is 22.8. The molecule has 0 spiro atoms.